The van der Waals surface area contributed by atoms with E-state index in [1.54, 1.807) is 19.2 Å². The van der Waals surface area contributed by atoms with Crippen LogP contribution in [0.15, 0.2) is 79.4 Å². The second-order valence-corrected chi connectivity index (χ2v) is 60.3. The van der Waals surface area contributed by atoms with Gasteiger partial charge in [0, 0.05) is 25.9 Å². The maximum Gasteiger partial charge on any atom is 0.338 e. The summed E-state index contributed by atoms with van der Waals surface area (Å²) in [5.41, 5.74) is 2.51. The third-order valence-electron chi connectivity index (χ3n) is 23.9. The van der Waals surface area contributed by atoms with Crippen molar-refractivity contribution in [3.63, 3.8) is 0 Å². The Bertz CT molecular complexity index is 2750. The summed E-state index contributed by atoms with van der Waals surface area (Å²) in [4.78, 5) is 27.5. The topological polar surface area (TPSA) is 165 Å². The van der Waals surface area contributed by atoms with Gasteiger partial charge in [0.15, 0.2) is 47.7 Å². The number of hydrogen-bond donors (Lipinski definition) is 1. The molecule has 97 heavy (non-hydrogen) atoms. The zero-order valence-corrected chi connectivity index (χ0v) is 71.0. The fourth-order valence-corrected chi connectivity index (χ4v) is 18.5. The lowest BCUT2D eigenvalue weighted by Crippen LogP contribution is -2.68. The monoisotopic (exact) mass is 1440 g/mol. The van der Waals surface area contributed by atoms with Gasteiger partial charge in [-0.25, -0.2) is 4.79 Å². The molecule has 4 fully saturated rings. The van der Waals surface area contributed by atoms with Crippen LogP contribution in [0.5, 0.6) is 0 Å². The molecule has 1 N–H and O–H groups in total. The second-order valence-electron chi connectivity index (χ2n) is 36.5. The lowest BCUT2D eigenvalue weighted by Gasteiger charge is -2.54. The number of carbonyl (C=O) groups is 2. The molecular weight excluding hydrogens is 1310 g/mol. The van der Waals surface area contributed by atoms with Crippen molar-refractivity contribution < 1.29 is 70.0 Å². The van der Waals surface area contributed by atoms with E-state index < -0.39 is 90.3 Å². The normalized spacial score (nSPS) is 28.8. The molecule has 0 amide bonds. The minimum absolute atomic E-state index is 0.0189. The van der Waals surface area contributed by atoms with Crippen LogP contribution < -0.4 is 0 Å². The fourth-order valence-electron chi connectivity index (χ4n) is 12.3. The van der Waals surface area contributed by atoms with E-state index in [4.69, 9.17) is 55.3 Å². The summed E-state index contributed by atoms with van der Waals surface area (Å²) in [5, 5.41) is 11.5. The van der Waals surface area contributed by atoms with E-state index in [0.717, 1.165) is 30.4 Å². The van der Waals surface area contributed by atoms with Gasteiger partial charge in [-0.05, 0) is 165 Å². The van der Waals surface area contributed by atoms with Gasteiger partial charge in [0.1, 0.15) is 24.4 Å². The number of benzene rings is 1. The highest BCUT2D eigenvalue weighted by Gasteiger charge is 2.58. The van der Waals surface area contributed by atoms with Gasteiger partial charge in [-0.15, -0.1) is 6.58 Å². The van der Waals surface area contributed by atoms with Crippen molar-refractivity contribution in [2.45, 2.75) is 357 Å². The Labute approximate surface area is 595 Å². The summed E-state index contributed by atoms with van der Waals surface area (Å²) in [5.74, 6) is -0.855. The molecule has 4 aliphatic rings. The van der Waals surface area contributed by atoms with E-state index >= 15 is 0 Å². The number of hydrogen-bond acceptors (Lipinski definition) is 15. The van der Waals surface area contributed by atoms with E-state index in [-0.39, 0.29) is 98.2 Å². The molecule has 5 rings (SSSR count). The summed E-state index contributed by atoms with van der Waals surface area (Å²) < 4.78 is 83.4. The number of rotatable bonds is 31. The number of aliphatic hydroxyl groups is 1. The smallest absolute Gasteiger partial charge is 0.338 e. The van der Waals surface area contributed by atoms with Crippen LogP contribution in [0.25, 0.3) is 0 Å². The van der Waals surface area contributed by atoms with Crippen molar-refractivity contribution in [1.29, 1.82) is 0 Å². The highest BCUT2D eigenvalue weighted by atomic mass is 28.4. The molecule has 556 valence electrons. The molecule has 0 aromatic heterocycles. The molecule has 4 aliphatic heterocycles. The number of methoxy groups -OCH3 is 2. The Hall–Kier alpha value is -2.24. The molecule has 1 aromatic rings. The lowest BCUT2D eigenvalue weighted by molar-refractivity contribution is -0.227. The van der Waals surface area contributed by atoms with Crippen LogP contribution >= 0.6 is 0 Å². The van der Waals surface area contributed by atoms with Crippen molar-refractivity contribution in [3.8, 4) is 0 Å². The third-order valence-corrected chi connectivity index (χ3v) is 46.4. The quantitative estimate of drug-likeness (QED) is 0.0424. The molecular formula is C77H138O15Si5. The first-order chi connectivity index (χ1) is 44.3. The molecule has 4 saturated heterocycles. The Morgan fingerprint density at radius 2 is 1.18 bits per heavy atom. The Kier molecular flexibility index (Phi) is 29.7. The molecule has 1 aromatic carbocycles. The van der Waals surface area contributed by atoms with Gasteiger partial charge in [-0.3, -0.25) is 4.79 Å². The molecule has 20 heteroatoms. The standard InChI is InChI=1S/C77H138O15Si5/c1-32-36-61-68(88-72(80)54-37-34-33-35-38-54)70(91-96(28,29)76(14,15)16)71(92-97(30,31)77(17,18)19)69(87-61)62(90-95(26,27)75(11,12)13)43-40-55(78)39-41-56-46-52(3)60(84-56)44-42-57-45-51(2)53(4)63(85-57)49-64-59(48-66(79)81-20)67(82-21)65(86-64)47-58(89-94(24,25)74(8,9)10)50-83-93(22,23)73(5,6)7/h32-35,37-38,40,43,51,55-65,67-71,78H,1,3-4,36,39,41-42,44-50H2,2,5-31H3/b43-40+/t51-,55?,56+,57+,58+,59+,60+,61+,62+,63-,64+,65-,67-,68+,69+,70+,71-/m1/s1. The Balaban J connectivity index is 1.36. The molecule has 15 nitrogen and oxygen atoms in total. The van der Waals surface area contributed by atoms with E-state index in [0.29, 0.717) is 50.7 Å². The average molecular weight is 1440 g/mol. The third kappa shape index (κ3) is 22.6. The highest BCUT2D eigenvalue weighted by molar-refractivity contribution is 6.76. The SMILES string of the molecule is C=CC[C@@H]1O[C@@H]([C@H](/C=C/C(O)CC[C@H]2CC(=C)[C@H](CC[C@H]3C[C@@H](C)C(=C)[C@@H](C[C@@H]4O[C@H](C[C@@H](CO[Si](C)(C)C(C)(C)C)O[Si](C)(C)C(C)(C)C)[C@H](OC)[C@H]4CC(=O)OC)O3)O2)O[Si](C)(C)C(C)(C)C)[C@@H](O[Si](C)(C)C(C)(C)C)[C@@H](O[Si](C)(C)C(C)(C)C)[C@H]1OC(=O)c1ccccc1. The van der Waals surface area contributed by atoms with Crippen molar-refractivity contribution in [1.82, 2.24) is 0 Å². The predicted molar refractivity (Wildman–Crippen MR) is 407 cm³/mol. The summed E-state index contributed by atoms with van der Waals surface area (Å²) in [7, 11) is -9.10. The highest BCUT2D eigenvalue weighted by Crippen LogP contribution is 2.49. The number of ether oxygens (including phenoxy) is 7. The summed E-state index contributed by atoms with van der Waals surface area (Å²) in [6.45, 7) is 72.0. The van der Waals surface area contributed by atoms with Crippen molar-refractivity contribution in [2.24, 2.45) is 11.8 Å². The molecule has 0 bridgehead atoms. The van der Waals surface area contributed by atoms with Crippen molar-refractivity contribution in [3.05, 3.63) is 85.0 Å². The van der Waals surface area contributed by atoms with Gasteiger partial charge >= 0.3 is 11.9 Å². The summed E-state index contributed by atoms with van der Waals surface area (Å²) in [6, 6.07) is 9.08. The molecule has 0 saturated carbocycles. The van der Waals surface area contributed by atoms with E-state index in [2.05, 4.69) is 196 Å². The first kappa shape index (κ1) is 85.4. The zero-order chi connectivity index (χ0) is 73.6. The van der Waals surface area contributed by atoms with Gasteiger partial charge in [0.2, 0.25) is 0 Å². The van der Waals surface area contributed by atoms with Crippen LogP contribution in [0.2, 0.25) is 90.7 Å². The summed E-state index contributed by atoms with van der Waals surface area (Å²) in [6.07, 6.45) is 4.17. The van der Waals surface area contributed by atoms with Crippen molar-refractivity contribution >= 4 is 53.5 Å². The molecule has 0 aliphatic carbocycles. The molecule has 4 heterocycles. The maximum atomic E-state index is 14.3. The predicted octanol–water partition coefficient (Wildman–Crippen LogP) is 18.4. The molecule has 0 radical (unpaired) electrons. The first-order valence-corrected chi connectivity index (χ1v) is 51.0. The van der Waals surface area contributed by atoms with Crippen LogP contribution in [0.4, 0.5) is 0 Å². The maximum absolute atomic E-state index is 14.3. The summed E-state index contributed by atoms with van der Waals surface area (Å²) >= 11 is 0. The van der Waals surface area contributed by atoms with Crippen LogP contribution in [0.3, 0.4) is 0 Å². The molecule has 0 spiro atoms. The number of carbonyl (C=O) groups excluding carboxylic acids is 2. The largest absolute Gasteiger partial charge is 0.469 e. The van der Waals surface area contributed by atoms with E-state index in [1.807, 2.05) is 36.4 Å². The zero-order valence-electron chi connectivity index (χ0n) is 66.0. The Morgan fingerprint density at radius 1 is 0.629 bits per heavy atom. The van der Waals surface area contributed by atoms with Gasteiger partial charge in [0.25, 0.3) is 0 Å². The number of esters is 2. The number of aliphatic hydroxyl groups excluding tert-OH is 1. The van der Waals surface area contributed by atoms with Crippen LogP contribution in [-0.4, -0.2) is 171 Å². The second kappa shape index (κ2) is 33.7. The van der Waals surface area contributed by atoms with Gasteiger partial charge in [0.05, 0.1) is 86.7 Å². The Morgan fingerprint density at radius 3 is 1.71 bits per heavy atom. The molecule has 17 atom stereocenters. The minimum Gasteiger partial charge on any atom is -0.469 e. The van der Waals surface area contributed by atoms with Crippen LogP contribution in [-0.2, 0) is 60.1 Å². The van der Waals surface area contributed by atoms with Crippen molar-refractivity contribution in [2.75, 3.05) is 20.8 Å². The molecule has 1 unspecified atom stereocenters. The van der Waals surface area contributed by atoms with E-state index in [1.165, 1.54) is 7.11 Å². The fraction of sp³-hybridized carbons (Fsp3) is 0.792. The first-order valence-electron chi connectivity index (χ1n) is 36.5. The van der Waals surface area contributed by atoms with Gasteiger partial charge in [-0.1, -0.05) is 160 Å². The lowest BCUT2D eigenvalue weighted by atomic mass is 9.82. The van der Waals surface area contributed by atoms with Crippen LogP contribution in [0, 0.1) is 11.8 Å². The van der Waals surface area contributed by atoms with Gasteiger partial charge < -0.3 is 60.4 Å². The van der Waals surface area contributed by atoms with E-state index in [9.17, 15) is 14.7 Å². The minimum atomic E-state index is -2.65. The van der Waals surface area contributed by atoms with Crippen LogP contribution in [0.1, 0.15) is 185 Å². The van der Waals surface area contributed by atoms with Gasteiger partial charge in [-0.2, -0.15) is 0 Å². The average Bonchev–Trinajstić information content (AvgIpc) is 1.13.